The van der Waals surface area contributed by atoms with Crippen LogP contribution in [0.2, 0.25) is 0 Å². The van der Waals surface area contributed by atoms with Gasteiger partial charge in [0.25, 0.3) is 5.56 Å². The Morgan fingerprint density at radius 2 is 2.00 bits per heavy atom. The average Bonchev–Trinajstić information content (AvgIpc) is 2.92. The third-order valence-electron chi connectivity index (χ3n) is 3.01. The molecule has 0 aliphatic rings. The minimum atomic E-state index is -4.43. The maximum absolute atomic E-state index is 12.6. The molecule has 0 bridgehead atoms. The van der Waals surface area contributed by atoms with E-state index in [1.54, 1.807) is 11.3 Å². The molecule has 0 unspecified atom stereocenters. The standard InChI is InChI=1S/C14H15F3N2OS/c15-14(16,17)12-1-2-13(20)19(9-12)7-6-18-5-3-11-4-8-21-10-11/h1-2,4,8-10,18H,3,5-7H2. The molecule has 7 heteroatoms. The summed E-state index contributed by atoms with van der Waals surface area (Å²) in [6.07, 6.45) is -2.70. The number of nitrogens with zero attached hydrogens (tertiary/aromatic N) is 1. The fourth-order valence-electron chi connectivity index (χ4n) is 1.87. The summed E-state index contributed by atoms with van der Waals surface area (Å²) in [7, 11) is 0. The summed E-state index contributed by atoms with van der Waals surface area (Å²) in [5.41, 5.74) is -0.00764. The van der Waals surface area contributed by atoms with Gasteiger partial charge >= 0.3 is 6.18 Å². The van der Waals surface area contributed by atoms with Crippen LogP contribution in [-0.2, 0) is 19.1 Å². The van der Waals surface area contributed by atoms with Crippen molar-refractivity contribution >= 4 is 11.3 Å². The number of hydrogen-bond acceptors (Lipinski definition) is 3. The molecule has 2 aromatic heterocycles. The molecule has 0 aliphatic heterocycles. The Bertz CT molecular complexity index is 620. The normalized spacial score (nSPS) is 11.8. The highest BCUT2D eigenvalue weighted by Gasteiger charge is 2.30. The molecule has 3 nitrogen and oxygen atoms in total. The lowest BCUT2D eigenvalue weighted by molar-refractivity contribution is -0.138. The van der Waals surface area contributed by atoms with E-state index in [-0.39, 0.29) is 6.54 Å². The quantitative estimate of drug-likeness (QED) is 0.832. The van der Waals surface area contributed by atoms with E-state index in [1.165, 1.54) is 5.56 Å². The van der Waals surface area contributed by atoms with Crippen LogP contribution >= 0.6 is 11.3 Å². The van der Waals surface area contributed by atoms with Crippen molar-refractivity contribution < 1.29 is 13.2 Å². The fourth-order valence-corrected chi connectivity index (χ4v) is 2.57. The molecule has 1 N–H and O–H groups in total. The number of nitrogens with one attached hydrogen (secondary N) is 1. The number of aromatic nitrogens is 1. The van der Waals surface area contributed by atoms with Crippen LogP contribution in [0.3, 0.4) is 0 Å². The van der Waals surface area contributed by atoms with Crippen LogP contribution in [0.25, 0.3) is 0 Å². The number of thiophene rings is 1. The SMILES string of the molecule is O=c1ccc(C(F)(F)F)cn1CCNCCc1ccsc1. The van der Waals surface area contributed by atoms with Crippen LogP contribution in [0.5, 0.6) is 0 Å². The van der Waals surface area contributed by atoms with Gasteiger partial charge < -0.3 is 9.88 Å². The predicted molar refractivity (Wildman–Crippen MR) is 76.6 cm³/mol. The largest absolute Gasteiger partial charge is 0.417 e. The Kier molecular flexibility index (Phi) is 5.19. The molecule has 0 radical (unpaired) electrons. The van der Waals surface area contributed by atoms with Gasteiger partial charge in [0.2, 0.25) is 0 Å². The Balaban J connectivity index is 1.84. The van der Waals surface area contributed by atoms with Gasteiger partial charge in [0.15, 0.2) is 0 Å². The molecule has 0 spiro atoms. The molecule has 2 aromatic rings. The molecular formula is C14H15F3N2OS. The highest BCUT2D eigenvalue weighted by Crippen LogP contribution is 2.27. The number of pyridine rings is 1. The molecule has 0 saturated carbocycles. The molecular weight excluding hydrogens is 301 g/mol. The first-order chi connectivity index (χ1) is 9.97. The molecule has 0 fully saturated rings. The monoisotopic (exact) mass is 316 g/mol. The summed E-state index contributed by atoms with van der Waals surface area (Å²) in [4.78, 5) is 11.5. The Hall–Kier alpha value is -1.60. The van der Waals surface area contributed by atoms with Gasteiger partial charge in [-0.1, -0.05) is 0 Å². The van der Waals surface area contributed by atoms with E-state index in [2.05, 4.69) is 10.7 Å². The van der Waals surface area contributed by atoms with E-state index in [0.717, 1.165) is 35.9 Å². The van der Waals surface area contributed by atoms with Gasteiger partial charge in [-0.15, -0.1) is 0 Å². The van der Waals surface area contributed by atoms with Crippen LogP contribution < -0.4 is 10.9 Å². The van der Waals surface area contributed by atoms with Gasteiger partial charge in [-0.25, -0.2) is 0 Å². The Morgan fingerprint density at radius 3 is 2.67 bits per heavy atom. The van der Waals surface area contributed by atoms with Crippen LogP contribution in [0.15, 0.2) is 40.0 Å². The maximum atomic E-state index is 12.6. The first kappa shape index (κ1) is 15.8. The zero-order valence-electron chi connectivity index (χ0n) is 11.2. The Labute approximate surface area is 124 Å². The van der Waals surface area contributed by atoms with Gasteiger partial charge in [-0.3, -0.25) is 4.79 Å². The van der Waals surface area contributed by atoms with E-state index in [4.69, 9.17) is 0 Å². The minimum Gasteiger partial charge on any atom is -0.315 e. The van der Waals surface area contributed by atoms with Gasteiger partial charge in [0.05, 0.1) is 5.56 Å². The molecule has 0 saturated heterocycles. The smallest absolute Gasteiger partial charge is 0.315 e. The first-order valence-corrected chi connectivity index (χ1v) is 7.40. The van der Waals surface area contributed by atoms with Crippen LogP contribution in [-0.4, -0.2) is 17.7 Å². The molecule has 21 heavy (non-hydrogen) atoms. The van der Waals surface area contributed by atoms with Gasteiger partial charge in [0, 0.05) is 25.4 Å². The average molecular weight is 316 g/mol. The van der Waals surface area contributed by atoms with Gasteiger partial charge in [0.1, 0.15) is 0 Å². The highest BCUT2D eigenvalue weighted by molar-refractivity contribution is 7.07. The van der Waals surface area contributed by atoms with Crippen molar-refractivity contribution in [3.05, 3.63) is 56.6 Å². The number of rotatable bonds is 6. The molecule has 0 amide bonds. The lowest BCUT2D eigenvalue weighted by Gasteiger charge is -2.11. The number of hydrogen-bond donors (Lipinski definition) is 1. The second kappa shape index (κ2) is 6.91. The molecule has 0 atom stereocenters. The van der Waals surface area contributed by atoms with E-state index in [1.807, 2.05) is 11.4 Å². The topological polar surface area (TPSA) is 34.0 Å². The molecule has 2 rings (SSSR count). The second-order valence-corrected chi connectivity index (χ2v) is 5.36. The summed E-state index contributed by atoms with van der Waals surface area (Å²) < 4.78 is 38.8. The summed E-state index contributed by atoms with van der Waals surface area (Å²) in [5.74, 6) is 0. The summed E-state index contributed by atoms with van der Waals surface area (Å²) in [5, 5.41) is 7.17. The summed E-state index contributed by atoms with van der Waals surface area (Å²) in [6.45, 7) is 1.39. The lowest BCUT2D eigenvalue weighted by atomic mass is 10.2. The van der Waals surface area contributed by atoms with E-state index in [9.17, 15) is 18.0 Å². The molecule has 0 aliphatic carbocycles. The number of halogens is 3. The van der Waals surface area contributed by atoms with Crippen LogP contribution in [0.1, 0.15) is 11.1 Å². The third kappa shape index (κ3) is 4.71. The minimum absolute atomic E-state index is 0.215. The van der Waals surface area contributed by atoms with Crippen molar-refractivity contribution in [2.75, 3.05) is 13.1 Å². The van der Waals surface area contributed by atoms with Crippen molar-refractivity contribution in [1.29, 1.82) is 0 Å². The van der Waals surface area contributed by atoms with Crippen LogP contribution in [0, 0.1) is 0 Å². The van der Waals surface area contributed by atoms with Crippen molar-refractivity contribution in [3.63, 3.8) is 0 Å². The lowest BCUT2D eigenvalue weighted by Crippen LogP contribution is -2.28. The van der Waals surface area contributed by atoms with Crippen molar-refractivity contribution in [1.82, 2.24) is 9.88 Å². The van der Waals surface area contributed by atoms with E-state index < -0.39 is 17.3 Å². The number of alkyl halides is 3. The first-order valence-electron chi connectivity index (χ1n) is 6.46. The predicted octanol–water partition coefficient (Wildman–Crippen LogP) is 2.76. The van der Waals surface area contributed by atoms with E-state index in [0.29, 0.717) is 6.54 Å². The zero-order chi connectivity index (χ0) is 15.3. The van der Waals surface area contributed by atoms with Gasteiger partial charge in [-0.2, -0.15) is 24.5 Å². The summed E-state index contributed by atoms with van der Waals surface area (Å²) >= 11 is 1.63. The third-order valence-corrected chi connectivity index (χ3v) is 3.74. The second-order valence-electron chi connectivity index (χ2n) is 4.58. The molecule has 114 valence electrons. The highest BCUT2D eigenvalue weighted by atomic mass is 32.1. The zero-order valence-corrected chi connectivity index (χ0v) is 12.0. The van der Waals surface area contributed by atoms with Crippen LogP contribution in [0.4, 0.5) is 13.2 Å². The van der Waals surface area contributed by atoms with Crippen molar-refractivity contribution in [2.45, 2.75) is 19.1 Å². The molecule has 2 heterocycles. The van der Waals surface area contributed by atoms with Crippen molar-refractivity contribution in [3.8, 4) is 0 Å². The summed E-state index contributed by atoms with van der Waals surface area (Å²) in [6, 6.07) is 3.79. The Morgan fingerprint density at radius 1 is 1.19 bits per heavy atom. The molecule has 0 aromatic carbocycles. The van der Waals surface area contributed by atoms with Crippen molar-refractivity contribution in [2.24, 2.45) is 0 Å². The maximum Gasteiger partial charge on any atom is 0.417 e. The van der Waals surface area contributed by atoms with E-state index >= 15 is 0 Å². The van der Waals surface area contributed by atoms with Gasteiger partial charge in [-0.05, 0) is 41.4 Å². The fraction of sp³-hybridized carbons (Fsp3) is 0.357.